The molecule has 1 saturated heterocycles. The van der Waals surface area contributed by atoms with E-state index in [1.165, 1.54) is 5.56 Å². The molecule has 0 radical (unpaired) electrons. The highest BCUT2D eigenvalue weighted by Gasteiger charge is 2.57. The Morgan fingerprint density at radius 1 is 1.33 bits per heavy atom. The third-order valence-corrected chi connectivity index (χ3v) is 3.23. The Balaban J connectivity index is 2.07. The van der Waals surface area contributed by atoms with Gasteiger partial charge in [-0.25, -0.2) is 0 Å². The Morgan fingerprint density at radius 2 is 1.93 bits per heavy atom. The first kappa shape index (κ1) is 10.4. The minimum absolute atomic E-state index is 0.0433. The lowest BCUT2D eigenvalue weighted by Crippen LogP contribution is -2.10. The normalized spacial score (nSPS) is 27.4. The van der Waals surface area contributed by atoms with Crippen molar-refractivity contribution in [2.24, 2.45) is 0 Å². The molecule has 2 nitrogen and oxygen atoms in total. The topological polar surface area (TPSA) is 20.1 Å². The highest BCUT2D eigenvalue weighted by molar-refractivity contribution is 5.86. The van der Waals surface area contributed by atoms with Crippen LogP contribution in [0.4, 0.5) is 0 Å². The number of hydrogen-bond donors (Lipinski definition) is 0. The SMILES string of the molecule is CC(=O)C1N(Cc2ccccc2)C1(C)C. The van der Waals surface area contributed by atoms with Gasteiger partial charge in [0.05, 0.1) is 6.04 Å². The van der Waals surface area contributed by atoms with Gasteiger partial charge in [0.1, 0.15) is 5.78 Å². The van der Waals surface area contributed by atoms with Crippen molar-refractivity contribution in [1.82, 2.24) is 4.90 Å². The molecule has 0 amide bonds. The van der Waals surface area contributed by atoms with Gasteiger partial charge in [-0.05, 0) is 26.3 Å². The number of nitrogens with zero attached hydrogens (tertiary/aromatic N) is 1. The quantitative estimate of drug-likeness (QED) is 0.702. The molecule has 0 bridgehead atoms. The second-order valence-corrected chi connectivity index (χ2v) is 4.78. The van der Waals surface area contributed by atoms with E-state index in [9.17, 15) is 4.79 Å². The van der Waals surface area contributed by atoms with E-state index in [4.69, 9.17) is 0 Å². The lowest BCUT2D eigenvalue weighted by molar-refractivity contribution is -0.117. The average molecular weight is 203 g/mol. The van der Waals surface area contributed by atoms with E-state index in [2.05, 4.69) is 30.9 Å². The Morgan fingerprint density at radius 3 is 2.40 bits per heavy atom. The third kappa shape index (κ3) is 1.82. The summed E-state index contributed by atoms with van der Waals surface area (Å²) in [6, 6.07) is 10.4. The summed E-state index contributed by atoms with van der Waals surface area (Å²) in [5, 5.41) is 0. The zero-order valence-corrected chi connectivity index (χ0v) is 9.53. The van der Waals surface area contributed by atoms with Gasteiger partial charge in [-0.2, -0.15) is 0 Å². The number of carbonyl (C=O) groups excluding carboxylic acids is 1. The Kier molecular flexibility index (Phi) is 2.39. The zero-order chi connectivity index (χ0) is 11.1. The molecule has 2 rings (SSSR count). The summed E-state index contributed by atoms with van der Waals surface area (Å²) >= 11 is 0. The average Bonchev–Trinajstić information content (AvgIpc) is 2.70. The van der Waals surface area contributed by atoms with Crippen molar-refractivity contribution < 1.29 is 4.79 Å². The lowest BCUT2D eigenvalue weighted by Gasteiger charge is -2.05. The molecule has 2 atom stereocenters. The third-order valence-electron chi connectivity index (χ3n) is 3.23. The molecule has 2 unspecified atom stereocenters. The van der Waals surface area contributed by atoms with Crippen molar-refractivity contribution in [2.75, 3.05) is 0 Å². The van der Waals surface area contributed by atoms with Gasteiger partial charge in [-0.1, -0.05) is 30.3 Å². The van der Waals surface area contributed by atoms with Crippen LogP contribution in [0.15, 0.2) is 30.3 Å². The molecule has 1 aromatic rings. The van der Waals surface area contributed by atoms with Crippen LogP contribution in [0.5, 0.6) is 0 Å². The number of Topliss-reactive ketones (excluding diaryl/α,β-unsaturated/α-hetero) is 1. The predicted octanol–water partition coefficient (Wildman–Crippen LogP) is 2.24. The largest absolute Gasteiger partial charge is 0.298 e. The van der Waals surface area contributed by atoms with Crippen LogP contribution in [-0.2, 0) is 11.3 Å². The van der Waals surface area contributed by atoms with Crippen molar-refractivity contribution in [2.45, 2.75) is 38.9 Å². The molecule has 0 spiro atoms. The number of benzene rings is 1. The number of carbonyl (C=O) groups is 1. The van der Waals surface area contributed by atoms with Crippen LogP contribution in [0.2, 0.25) is 0 Å². The molecule has 2 heteroatoms. The summed E-state index contributed by atoms with van der Waals surface area (Å²) in [4.78, 5) is 13.6. The standard InChI is InChI=1S/C13H17NO/c1-10(15)12-13(2,3)14(12)9-11-7-5-4-6-8-11/h4-8,12H,9H2,1-3H3. The molecule has 80 valence electrons. The summed E-state index contributed by atoms with van der Waals surface area (Å²) < 4.78 is 0. The second-order valence-electron chi connectivity index (χ2n) is 4.78. The van der Waals surface area contributed by atoms with Crippen LogP contribution < -0.4 is 0 Å². The monoisotopic (exact) mass is 203 g/mol. The summed E-state index contributed by atoms with van der Waals surface area (Å²) in [5.74, 6) is 0.274. The Hall–Kier alpha value is -1.15. The summed E-state index contributed by atoms with van der Waals surface area (Å²) in [6.07, 6.45) is 0. The fourth-order valence-electron chi connectivity index (χ4n) is 2.36. The molecule has 0 N–H and O–H groups in total. The maximum absolute atomic E-state index is 11.4. The minimum Gasteiger partial charge on any atom is -0.298 e. The number of rotatable bonds is 3. The van der Waals surface area contributed by atoms with Crippen molar-refractivity contribution in [3.8, 4) is 0 Å². The summed E-state index contributed by atoms with van der Waals surface area (Å²) in [5.41, 5.74) is 1.32. The van der Waals surface area contributed by atoms with E-state index >= 15 is 0 Å². The van der Waals surface area contributed by atoms with Gasteiger partial charge in [0.15, 0.2) is 0 Å². The fraction of sp³-hybridized carbons (Fsp3) is 0.462. The van der Waals surface area contributed by atoms with E-state index in [0.29, 0.717) is 0 Å². The van der Waals surface area contributed by atoms with Crippen LogP contribution in [-0.4, -0.2) is 22.3 Å². The van der Waals surface area contributed by atoms with Gasteiger partial charge in [-0.3, -0.25) is 9.69 Å². The highest BCUT2D eigenvalue weighted by Crippen LogP contribution is 2.42. The molecule has 1 aliphatic rings. The maximum Gasteiger partial charge on any atom is 0.148 e. The van der Waals surface area contributed by atoms with Gasteiger partial charge in [-0.15, -0.1) is 0 Å². The molecular formula is C13H17NO. The first-order valence-electron chi connectivity index (χ1n) is 5.34. The van der Waals surface area contributed by atoms with Crippen LogP contribution in [0, 0.1) is 0 Å². The second kappa shape index (κ2) is 3.46. The van der Waals surface area contributed by atoms with Gasteiger partial charge in [0, 0.05) is 12.1 Å². The van der Waals surface area contributed by atoms with Gasteiger partial charge in [0.25, 0.3) is 0 Å². The fourth-order valence-corrected chi connectivity index (χ4v) is 2.36. The van der Waals surface area contributed by atoms with E-state index in [0.717, 1.165) is 6.54 Å². The van der Waals surface area contributed by atoms with E-state index in [1.54, 1.807) is 6.92 Å². The van der Waals surface area contributed by atoms with Crippen LogP contribution in [0.3, 0.4) is 0 Å². The molecule has 1 aromatic carbocycles. The minimum atomic E-state index is 0.0433. The van der Waals surface area contributed by atoms with Crippen molar-refractivity contribution in [3.05, 3.63) is 35.9 Å². The molecule has 15 heavy (non-hydrogen) atoms. The van der Waals surface area contributed by atoms with E-state index in [-0.39, 0.29) is 17.4 Å². The number of ketones is 1. The van der Waals surface area contributed by atoms with Crippen molar-refractivity contribution in [1.29, 1.82) is 0 Å². The van der Waals surface area contributed by atoms with Crippen LogP contribution >= 0.6 is 0 Å². The first-order valence-corrected chi connectivity index (χ1v) is 5.34. The van der Waals surface area contributed by atoms with Crippen molar-refractivity contribution in [3.63, 3.8) is 0 Å². The zero-order valence-electron chi connectivity index (χ0n) is 9.53. The van der Waals surface area contributed by atoms with Crippen LogP contribution in [0.1, 0.15) is 26.3 Å². The molecule has 0 aromatic heterocycles. The molecule has 0 aliphatic carbocycles. The molecular weight excluding hydrogens is 186 g/mol. The van der Waals surface area contributed by atoms with E-state index in [1.807, 2.05) is 18.2 Å². The Labute approximate surface area is 90.9 Å². The highest BCUT2D eigenvalue weighted by atomic mass is 16.1. The van der Waals surface area contributed by atoms with Gasteiger partial charge in [0.2, 0.25) is 0 Å². The molecule has 1 fully saturated rings. The maximum atomic E-state index is 11.4. The van der Waals surface area contributed by atoms with Crippen LogP contribution in [0.25, 0.3) is 0 Å². The van der Waals surface area contributed by atoms with E-state index < -0.39 is 0 Å². The lowest BCUT2D eigenvalue weighted by atomic mass is 10.1. The first-order chi connectivity index (χ1) is 7.03. The summed E-state index contributed by atoms with van der Waals surface area (Å²) in [7, 11) is 0. The molecule has 0 saturated carbocycles. The number of hydrogen-bond acceptors (Lipinski definition) is 2. The predicted molar refractivity (Wildman–Crippen MR) is 60.5 cm³/mol. The van der Waals surface area contributed by atoms with Gasteiger partial charge >= 0.3 is 0 Å². The Bertz CT molecular complexity index is 369. The van der Waals surface area contributed by atoms with Crippen molar-refractivity contribution >= 4 is 5.78 Å². The molecule has 1 aliphatic heterocycles. The van der Waals surface area contributed by atoms with Gasteiger partial charge < -0.3 is 0 Å². The summed E-state index contributed by atoms with van der Waals surface area (Å²) in [6.45, 7) is 6.81. The smallest absolute Gasteiger partial charge is 0.148 e. The molecule has 1 heterocycles.